The summed E-state index contributed by atoms with van der Waals surface area (Å²) in [5.74, 6) is 0.247. The maximum atomic E-state index is 12.7. The molecule has 1 atom stereocenters. The normalized spacial score (nSPS) is 16.4. The number of aromatic nitrogens is 2. The average molecular weight is 339 g/mol. The Morgan fingerprint density at radius 3 is 2.92 bits per heavy atom. The predicted molar refractivity (Wildman–Crippen MR) is 93.0 cm³/mol. The van der Waals surface area contributed by atoms with Gasteiger partial charge in [0.25, 0.3) is 0 Å². The molecular formula is C18H21N5O2. The summed E-state index contributed by atoms with van der Waals surface area (Å²) in [5, 5.41) is 26.1. The number of urea groups is 1. The molecule has 0 fully saturated rings. The van der Waals surface area contributed by atoms with Crippen LogP contribution in [0.25, 0.3) is 0 Å². The van der Waals surface area contributed by atoms with Gasteiger partial charge in [0.2, 0.25) is 0 Å². The van der Waals surface area contributed by atoms with E-state index in [0.29, 0.717) is 12.1 Å². The Kier molecular flexibility index (Phi) is 4.72. The Bertz CT molecular complexity index is 821. The van der Waals surface area contributed by atoms with Crippen molar-refractivity contribution < 1.29 is 9.90 Å². The fourth-order valence-corrected chi connectivity index (χ4v) is 3.09. The summed E-state index contributed by atoms with van der Waals surface area (Å²) in [6.45, 7) is 4.24. The van der Waals surface area contributed by atoms with Gasteiger partial charge in [-0.25, -0.2) is 4.79 Å². The molecule has 1 aromatic heterocycles. The lowest BCUT2D eigenvalue weighted by Crippen LogP contribution is -2.44. The minimum atomic E-state index is -0.400. The van der Waals surface area contributed by atoms with Crippen LogP contribution in [0.5, 0.6) is 0 Å². The summed E-state index contributed by atoms with van der Waals surface area (Å²) in [7, 11) is 0. The molecule has 2 aromatic rings. The zero-order valence-corrected chi connectivity index (χ0v) is 14.3. The molecule has 0 unspecified atom stereocenters. The molecule has 2 heterocycles. The minimum Gasteiger partial charge on any atom is -0.394 e. The van der Waals surface area contributed by atoms with Crippen molar-refractivity contribution in [2.45, 2.75) is 32.4 Å². The van der Waals surface area contributed by atoms with Crippen LogP contribution < -0.4 is 5.32 Å². The molecule has 1 aliphatic rings. The lowest BCUT2D eigenvalue weighted by molar-refractivity contribution is 0.135. The summed E-state index contributed by atoms with van der Waals surface area (Å²) in [5.41, 5.74) is 2.42. The van der Waals surface area contributed by atoms with Crippen molar-refractivity contribution in [1.29, 1.82) is 5.26 Å². The molecule has 130 valence electrons. The molecule has 7 nitrogen and oxygen atoms in total. The lowest BCUT2D eigenvalue weighted by atomic mass is 9.93. The number of benzene rings is 1. The van der Waals surface area contributed by atoms with Crippen molar-refractivity contribution in [2.24, 2.45) is 0 Å². The number of amides is 2. The number of nitrogens with one attached hydrogen (secondary N) is 1. The highest BCUT2D eigenvalue weighted by molar-refractivity contribution is 5.90. The maximum Gasteiger partial charge on any atom is 0.323 e. The fourth-order valence-electron chi connectivity index (χ4n) is 3.09. The van der Waals surface area contributed by atoms with Crippen molar-refractivity contribution in [1.82, 2.24) is 14.7 Å². The minimum absolute atomic E-state index is 0.0878. The number of nitriles is 1. The smallest absolute Gasteiger partial charge is 0.323 e. The first-order valence-corrected chi connectivity index (χ1v) is 8.30. The molecule has 1 aromatic carbocycles. The number of hydrogen-bond donors (Lipinski definition) is 2. The van der Waals surface area contributed by atoms with Gasteiger partial charge in [-0.3, -0.25) is 10.00 Å². The third-order valence-corrected chi connectivity index (χ3v) is 4.45. The maximum absolute atomic E-state index is 12.7. The van der Waals surface area contributed by atoms with Crippen molar-refractivity contribution in [3.63, 3.8) is 0 Å². The van der Waals surface area contributed by atoms with Gasteiger partial charge in [-0.1, -0.05) is 24.3 Å². The van der Waals surface area contributed by atoms with E-state index in [1.54, 1.807) is 15.8 Å². The number of anilines is 1. The van der Waals surface area contributed by atoms with Crippen molar-refractivity contribution in [2.75, 3.05) is 18.5 Å². The number of hydrogen-bond acceptors (Lipinski definition) is 4. The van der Waals surface area contributed by atoms with Crippen LogP contribution in [0.2, 0.25) is 0 Å². The lowest BCUT2D eigenvalue weighted by Gasteiger charge is -2.36. The Morgan fingerprint density at radius 1 is 1.48 bits per heavy atom. The molecule has 2 amide bonds. The van der Waals surface area contributed by atoms with Gasteiger partial charge < -0.3 is 10.0 Å². The zero-order valence-electron chi connectivity index (χ0n) is 14.3. The van der Waals surface area contributed by atoms with Gasteiger partial charge in [0, 0.05) is 18.8 Å². The molecule has 0 aliphatic carbocycles. The third kappa shape index (κ3) is 3.21. The Balaban J connectivity index is 1.83. The molecule has 0 radical (unpaired) electrons. The van der Waals surface area contributed by atoms with Gasteiger partial charge in [0.15, 0.2) is 5.82 Å². The standard InChI is InChI=1S/C18H21N5O2/c1-12(2)23-10-14(9-19)17(21-23)20-18(25)22-8-7-13-5-3-4-6-15(13)16(22)11-24/h3-6,10,12,16,24H,7-8,11H2,1-2H3,(H,20,21,25)/t16-/m0/s1. The largest absolute Gasteiger partial charge is 0.394 e. The van der Waals surface area contributed by atoms with Crippen molar-refractivity contribution >= 4 is 11.8 Å². The molecular weight excluding hydrogens is 318 g/mol. The second-order valence-corrected chi connectivity index (χ2v) is 6.35. The highest BCUT2D eigenvalue weighted by atomic mass is 16.3. The van der Waals surface area contributed by atoms with Crippen LogP contribution in [-0.4, -0.2) is 39.0 Å². The van der Waals surface area contributed by atoms with Gasteiger partial charge in [0.1, 0.15) is 11.6 Å². The number of aliphatic hydroxyl groups is 1. The van der Waals surface area contributed by atoms with Crippen LogP contribution in [0.15, 0.2) is 30.5 Å². The van der Waals surface area contributed by atoms with E-state index in [4.69, 9.17) is 0 Å². The molecule has 0 bridgehead atoms. The summed E-state index contributed by atoms with van der Waals surface area (Å²) in [4.78, 5) is 14.3. The number of aliphatic hydroxyl groups excluding tert-OH is 1. The summed E-state index contributed by atoms with van der Waals surface area (Å²) < 4.78 is 1.64. The van der Waals surface area contributed by atoms with Crippen LogP contribution in [0.4, 0.5) is 10.6 Å². The summed E-state index contributed by atoms with van der Waals surface area (Å²) in [6, 6.07) is 9.20. The van der Waals surface area contributed by atoms with Crippen molar-refractivity contribution in [3.8, 4) is 6.07 Å². The molecule has 1 aliphatic heterocycles. The predicted octanol–water partition coefficient (Wildman–Crippen LogP) is 2.46. The topological polar surface area (TPSA) is 94.2 Å². The van der Waals surface area contributed by atoms with E-state index in [2.05, 4.69) is 16.5 Å². The third-order valence-electron chi connectivity index (χ3n) is 4.45. The zero-order chi connectivity index (χ0) is 18.0. The van der Waals surface area contributed by atoms with E-state index in [9.17, 15) is 15.2 Å². The molecule has 25 heavy (non-hydrogen) atoms. The van der Waals surface area contributed by atoms with E-state index in [0.717, 1.165) is 17.5 Å². The Labute approximate surface area is 146 Å². The van der Waals surface area contributed by atoms with Gasteiger partial charge in [-0.05, 0) is 31.4 Å². The van der Waals surface area contributed by atoms with Crippen LogP contribution in [0, 0.1) is 11.3 Å². The van der Waals surface area contributed by atoms with Gasteiger partial charge in [-0.2, -0.15) is 10.4 Å². The molecule has 0 spiro atoms. The summed E-state index contributed by atoms with van der Waals surface area (Å²) >= 11 is 0. The second kappa shape index (κ2) is 6.95. The number of fused-ring (bicyclic) bond motifs is 1. The van der Waals surface area contributed by atoms with E-state index in [1.165, 1.54) is 0 Å². The first-order chi connectivity index (χ1) is 12.0. The van der Waals surface area contributed by atoms with Gasteiger partial charge >= 0.3 is 6.03 Å². The number of carbonyl (C=O) groups is 1. The van der Waals surface area contributed by atoms with Gasteiger partial charge in [0.05, 0.1) is 12.6 Å². The highest BCUT2D eigenvalue weighted by Crippen LogP contribution is 2.30. The molecule has 7 heteroatoms. The monoisotopic (exact) mass is 339 g/mol. The van der Waals surface area contributed by atoms with Crippen LogP contribution in [0.1, 0.15) is 42.6 Å². The number of carbonyl (C=O) groups excluding carboxylic acids is 1. The molecule has 0 saturated carbocycles. The second-order valence-electron chi connectivity index (χ2n) is 6.35. The van der Waals surface area contributed by atoms with E-state index >= 15 is 0 Å². The quantitative estimate of drug-likeness (QED) is 0.898. The first-order valence-electron chi connectivity index (χ1n) is 8.30. The highest BCUT2D eigenvalue weighted by Gasteiger charge is 2.30. The molecule has 0 saturated heterocycles. The van der Waals surface area contributed by atoms with E-state index in [-0.39, 0.29) is 24.5 Å². The fraction of sp³-hybridized carbons (Fsp3) is 0.389. The van der Waals surface area contributed by atoms with Crippen LogP contribution in [0.3, 0.4) is 0 Å². The van der Waals surface area contributed by atoms with Crippen LogP contribution in [-0.2, 0) is 6.42 Å². The van der Waals surface area contributed by atoms with E-state index in [1.807, 2.05) is 38.1 Å². The van der Waals surface area contributed by atoms with Crippen molar-refractivity contribution in [3.05, 3.63) is 47.2 Å². The Hall–Kier alpha value is -2.85. The van der Waals surface area contributed by atoms with E-state index < -0.39 is 6.04 Å². The molecule has 2 N–H and O–H groups in total. The average Bonchev–Trinajstić information content (AvgIpc) is 3.03. The Morgan fingerprint density at radius 2 is 2.24 bits per heavy atom. The first kappa shape index (κ1) is 17.0. The number of nitrogens with zero attached hydrogens (tertiary/aromatic N) is 4. The summed E-state index contributed by atoms with van der Waals surface area (Å²) in [6.07, 6.45) is 2.35. The van der Waals surface area contributed by atoms with Crippen LogP contribution >= 0.6 is 0 Å². The number of rotatable bonds is 3. The van der Waals surface area contributed by atoms with Gasteiger partial charge in [-0.15, -0.1) is 0 Å². The molecule has 3 rings (SSSR count). The SMILES string of the molecule is CC(C)n1cc(C#N)c(NC(=O)N2CCc3ccccc3[C@@H]2CO)n1.